The molecule has 0 radical (unpaired) electrons. The Hall–Kier alpha value is -1.63. The summed E-state index contributed by atoms with van der Waals surface area (Å²) in [4.78, 5) is 12.7. The second-order valence-electron chi connectivity index (χ2n) is 6.44. The summed E-state index contributed by atoms with van der Waals surface area (Å²) in [7, 11) is 1.62. The van der Waals surface area contributed by atoms with E-state index in [1.165, 1.54) is 12.1 Å². The van der Waals surface area contributed by atoms with Crippen molar-refractivity contribution in [3.8, 4) is 0 Å². The van der Waals surface area contributed by atoms with E-state index in [1.807, 2.05) is 6.92 Å². The van der Waals surface area contributed by atoms with Crippen molar-refractivity contribution in [2.24, 2.45) is 5.41 Å². The number of carbonyl (C=O) groups excluding carboxylic acids is 1. The van der Waals surface area contributed by atoms with Crippen LogP contribution in [0.4, 0.5) is 4.39 Å². The minimum atomic E-state index is -0.494. The number of amides is 1. The van der Waals surface area contributed by atoms with E-state index in [4.69, 9.17) is 9.15 Å². The summed E-state index contributed by atoms with van der Waals surface area (Å²) >= 11 is 0. The van der Waals surface area contributed by atoms with Gasteiger partial charge in [-0.2, -0.15) is 0 Å². The van der Waals surface area contributed by atoms with E-state index in [9.17, 15) is 9.18 Å². The number of aryl methyl sites for hydroxylation is 1. The molecule has 0 atom stereocenters. The molecule has 25 heavy (non-hydrogen) atoms. The fourth-order valence-electron chi connectivity index (χ4n) is 3.38. The molecule has 138 valence electrons. The molecule has 0 aliphatic carbocycles. The van der Waals surface area contributed by atoms with Crippen LogP contribution in [0.2, 0.25) is 0 Å². The van der Waals surface area contributed by atoms with Gasteiger partial charge in [-0.05, 0) is 51.1 Å². The van der Waals surface area contributed by atoms with Crippen LogP contribution in [-0.4, -0.2) is 32.7 Å². The molecule has 1 saturated heterocycles. The fraction of sp³-hybridized carbons (Fsp3) is 0.500. The maximum Gasteiger partial charge on any atom is 0.229 e. The van der Waals surface area contributed by atoms with Gasteiger partial charge in [-0.25, -0.2) is 4.39 Å². The summed E-state index contributed by atoms with van der Waals surface area (Å²) < 4.78 is 24.4. The van der Waals surface area contributed by atoms with Crippen molar-refractivity contribution in [3.63, 3.8) is 0 Å². The first kappa shape index (κ1) is 19.7. The lowest BCUT2D eigenvalue weighted by molar-refractivity contribution is -0.136. The number of furan rings is 1. The molecule has 1 aliphatic heterocycles. The Bertz CT molecular complexity index is 736. The van der Waals surface area contributed by atoms with Gasteiger partial charge in [-0.1, -0.05) is 0 Å². The van der Waals surface area contributed by atoms with Crippen molar-refractivity contribution in [1.82, 2.24) is 10.6 Å². The van der Waals surface area contributed by atoms with Crippen LogP contribution in [0.15, 0.2) is 22.6 Å². The van der Waals surface area contributed by atoms with Gasteiger partial charge in [0.05, 0.1) is 18.6 Å². The number of piperidine rings is 1. The maximum atomic E-state index is 13.4. The maximum absolute atomic E-state index is 13.4. The molecule has 3 rings (SSSR count). The number of halogens is 2. The van der Waals surface area contributed by atoms with Gasteiger partial charge in [0.2, 0.25) is 5.91 Å². The Kier molecular flexibility index (Phi) is 6.43. The van der Waals surface area contributed by atoms with Crippen LogP contribution in [0, 0.1) is 18.2 Å². The van der Waals surface area contributed by atoms with E-state index in [1.54, 1.807) is 13.2 Å². The van der Waals surface area contributed by atoms with Crippen LogP contribution in [0.1, 0.15) is 24.2 Å². The Morgan fingerprint density at radius 3 is 2.80 bits per heavy atom. The lowest BCUT2D eigenvalue weighted by Crippen LogP contribution is -2.49. The molecule has 1 fully saturated rings. The second kappa shape index (κ2) is 8.17. The van der Waals surface area contributed by atoms with Gasteiger partial charge in [0.25, 0.3) is 0 Å². The zero-order valence-electron chi connectivity index (χ0n) is 14.5. The highest BCUT2D eigenvalue weighted by atomic mass is 35.5. The lowest BCUT2D eigenvalue weighted by Gasteiger charge is -2.35. The summed E-state index contributed by atoms with van der Waals surface area (Å²) in [5.74, 6) is 0.345. The number of carbonyl (C=O) groups is 1. The number of hydrogen-bond acceptors (Lipinski definition) is 4. The number of methoxy groups -OCH3 is 1. The second-order valence-corrected chi connectivity index (χ2v) is 6.44. The van der Waals surface area contributed by atoms with Crippen LogP contribution in [0.5, 0.6) is 0 Å². The van der Waals surface area contributed by atoms with Gasteiger partial charge in [-0.15, -0.1) is 12.4 Å². The van der Waals surface area contributed by atoms with Crippen molar-refractivity contribution in [3.05, 3.63) is 35.3 Å². The third kappa shape index (κ3) is 3.97. The zero-order chi connectivity index (χ0) is 17.2. The summed E-state index contributed by atoms with van der Waals surface area (Å²) in [6, 6.07) is 4.44. The Morgan fingerprint density at radius 2 is 2.12 bits per heavy atom. The quantitative estimate of drug-likeness (QED) is 0.849. The van der Waals surface area contributed by atoms with Crippen LogP contribution < -0.4 is 10.6 Å². The molecule has 1 aromatic carbocycles. The van der Waals surface area contributed by atoms with Gasteiger partial charge in [0, 0.05) is 18.1 Å². The van der Waals surface area contributed by atoms with Gasteiger partial charge >= 0.3 is 0 Å². The monoisotopic (exact) mass is 370 g/mol. The third-order valence-corrected chi connectivity index (χ3v) is 4.87. The first-order valence-electron chi connectivity index (χ1n) is 8.21. The number of rotatable bonds is 5. The van der Waals surface area contributed by atoms with Gasteiger partial charge in [0.1, 0.15) is 17.2 Å². The largest absolute Gasteiger partial charge is 0.459 e. The van der Waals surface area contributed by atoms with Crippen LogP contribution >= 0.6 is 12.4 Å². The van der Waals surface area contributed by atoms with Gasteiger partial charge in [-0.3, -0.25) is 4.79 Å². The molecule has 7 heteroatoms. The van der Waals surface area contributed by atoms with Crippen molar-refractivity contribution >= 4 is 29.3 Å². The molecule has 1 aromatic heterocycles. The van der Waals surface area contributed by atoms with Crippen molar-refractivity contribution in [2.45, 2.75) is 26.3 Å². The molecular formula is C18H24ClFN2O3. The molecule has 0 unspecified atom stereocenters. The molecule has 1 aliphatic rings. The number of nitrogens with one attached hydrogen (secondary N) is 2. The predicted octanol–water partition coefficient (Wildman–Crippen LogP) is 2.93. The number of hydrogen-bond donors (Lipinski definition) is 2. The highest BCUT2D eigenvalue weighted by Gasteiger charge is 2.39. The van der Waals surface area contributed by atoms with E-state index in [0.717, 1.165) is 36.9 Å². The van der Waals surface area contributed by atoms with Crippen molar-refractivity contribution in [1.29, 1.82) is 0 Å². The van der Waals surface area contributed by atoms with Crippen molar-refractivity contribution in [2.75, 3.05) is 26.8 Å². The molecule has 2 aromatic rings. The Morgan fingerprint density at radius 1 is 1.40 bits per heavy atom. The molecule has 2 heterocycles. The average molecular weight is 371 g/mol. The topological polar surface area (TPSA) is 63.5 Å². The number of ether oxygens (including phenoxy) is 1. The molecule has 2 N–H and O–H groups in total. The minimum absolute atomic E-state index is 0. The zero-order valence-corrected chi connectivity index (χ0v) is 15.3. The van der Waals surface area contributed by atoms with E-state index >= 15 is 0 Å². The van der Waals surface area contributed by atoms with Crippen molar-refractivity contribution < 1.29 is 18.3 Å². The number of fused-ring (bicyclic) bond motifs is 1. The SMILES string of the molecule is COCC1(C(=O)NCc2oc3ccc(F)cc3c2C)CCNCC1.Cl. The predicted molar refractivity (Wildman–Crippen MR) is 96.4 cm³/mol. The summed E-state index contributed by atoms with van der Waals surface area (Å²) in [5.41, 5.74) is 0.994. The first-order valence-corrected chi connectivity index (χ1v) is 8.21. The van der Waals surface area contributed by atoms with Gasteiger partial charge < -0.3 is 19.8 Å². The van der Waals surface area contributed by atoms with Crippen LogP contribution in [0.3, 0.4) is 0 Å². The summed E-state index contributed by atoms with van der Waals surface area (Å²) in [6.07, 6.45) is 1.49. The Balaban J connectivity index is 0.00000225. The van der Waals surface area contributed by atoms with E-state index < -0.39 is 5.41 Å². The molecule has 0 bridgehead atoms. The van der Waals surface area contributed by atoms with E-state index in [2.05, 4.69) is 10.6 Å². The Labute approximate surface area is 152 Å². The van der Waals surface area contributed by atoms with Crippen LogP contribution in [0.25, 0.3) is 11.0 Å². The standard InChI is InChI=1S/C18H23FN2O3.ClH/c1-12-14-9-13(19)3-4-15(14)24-16(12)10-21-17(22)18(11-23-2)5-7-20-8-6-18;/h3-4,9,20H,5-8,10-11H2,1-2H3,(H,21,22);1H. The van der Waals surface area contributed by atoms with Gasteiger partial charge in [0.15, 0.2) is 0 Å². The normalized spacial score (nSPS) is 16.4. The molecule has 1 amide bonds. The third-order valence-electron chi connectivity index (χ3n) is 4.87. The minimum Gasteiger partial charge on any atom is -0.459 e. The molecule has 0 saturated carbocycles. The van der Waals surface area contributed by atoms with E-state index in [0.29, 0.717) is 24.5 Å². The highest BCUT2D eigenvalue weighted by Crippen LogP contribution is 2.30. The lowest BCUT2D eigenvalue weighted by atomic mass is 9.78. The van der Waals surface area contributed by atoms with Crippen LogP contribution in [-0.2, 0) is 16.1 Å². The first-order chi connectivity index (χ1) is 11.6. The fourth-order valence-corrected chi connectivity index (χ4v) is 3.38. The smallest absolute Gasteiger partial charge is 0.229 e. The summed E-state index contributed by atoms with van der Waals surface area (Å²) in [6.45, 7) is 4.19. The van der Waals surface area contributed by atoms with E-state index in [-0.39, 0.29) is 24.1 Å². The summed E-state index contributed by atoms with van der Waals surface area (Å²) in [5, 5.41) is 6.99. The molecule has 5 nitrogen and oxygen atoms in total. The average Bonchev–Trinajstić information content (AvgIpc) is 2.89. The molecule has 0 spiro atoms. The number of benzene rings is 1. The molecular weight excluding hydrogens is 347 g/mol. The highest BCUT2D eigenvalue weighted by molar-refractivity contribution is 5.85.